The maximum atomic E-state index is 13.7. The average molecular weight is 270 g/mol. The first-order valence-electron chi connectivity index (χ1n) is 5.04. The van der Waals surface area contributed by atoms with Crippen molar-refractivity contribution in [1.29, 1.82) is 0 Å². The molecule has 0 spiro atoms. The summed E-state index contributed by atoms with van der Waals surface area (Å²) >= 11 is 5.62. The zero-order valence-electron chi connectivity index (χ0n) is 9.34. The predicted octanol–water partition coefficient (Wildman–Crippen LogP) is 1.26. The van der Waals surface area contributed by atoms with Gasteiger partial charge in [-0.1, -0.05) is 11.6 Å². The molecule has 0 saturated carbocycles. The minimum atomic E-state index is -0.618. The molecule has 0 aromatic carbocycles. The van der Waals surface area contributed by atoms with Crippen LogP contribution in [-0.2, 0) is 4.79 Å². The molecule has 6 nitrogen and oxygen atoms in total. The fourth-order valence-corrected chi connectivity index (χ4v) is 1.59. The van der Waals surface area contributed by atoms with Gasteiger partial charge in [-0.25, -0.2) is 14.4 Å². The van der Waals surface area contributed by atoms with Gasteiger partial charge in [-0.05, 0) is 13.0 Å². The van der Waals surface area contributed by atoms with Crippen molar-refractivity contribution in [3.8, 4) is 5.82 Å². The number of nitrogens with zero attached hydrogens (tertiary/aromatic N) is 4. The number of carbonyl (C=O) groups excluding carboxylic acids is 1. The maximum Gasteiger partial charge on any atom is 0.207 e. The third kappa shape index (κ3) is 2.30. The molecule has 0 saturated heterocycles. The zero-order valence-corrected chi connectivity index (χ0v) is 10.1. The van der Waals surface area contributed by atoms with Gasteiger partial charge in [-0.15, -0.1) is 0 Å². The molecular weight excluding hydrogens is 261 g/mol. The summed E-state index contributed by atoms with van der Waals surface area (Å²) in [5, 5.41) is 6.58. The molecule has 1 atom stereocenters. The normalized spacial score (nSPS) is 12.2. The van der Waals surface area contributed by atoms with Gasteiger partial charge in [0.2, 0.25) is 6.41 Å². The van der Waals surface area contributed by atoms with Crippen LogP contribution in [-0.4, -0.2) is 26.2 Å². The Labute approximate surface area is 107 Å². The summed E-state index contributed by atoms with van der Waals surface area (Å²) in [5.41, 5.74) is 0. The molecule has 18 heavy (non-hydrogen) atoms. The van der Waals surface area contributed by atoms with Crippen molar-refractivity contribution in [3.63, 3.8) is 0 Å². The van der Waals surface area contributed by atoms with Gasteiger partial charge < -0.3 is 5.32 Å². The van der Waals surface area contributed by atoms with E-state index in [1.54, 1.807) is 6.92 Å². The summed E-state index contributed by atoms with van der Waals surface area (Å²) in [6, 6.07) is 0.717. The Morgan fingerprint density at radius 1 is 1.56 bits per heavy atom. The van der Waals surface area contributed by atoms with Gasteiger partial charge in [0.15, 0.2) is 17.5 Å². The van der Waals surface area contributed by atoms with E-state index in [1.807, 2.05) is 0 Å². The van der Waals surface area contributed by atoms with Crippen molar-refractivity contribution < 1.29 is 9.18 Å². The second-order valence-electron chi connectivity index (χ2n) is 3.50. The van der Waals surface area contributed by atoms with Crippen LogP contribution in [0.15, 0.2) is 18.6 Å². The summed E-state index contributed by atoms with van der Waals surface area (Å²) in [6.45, 7) is 1.70. The van der Waals surface area contributed by atoms with Gasteiger partial charge in [-0.2, -0.15) is 9.78 Å². The lowest BCUT2D eigenvalue weighted by Crippen LogP contribution is -2.21. The van der Waals surface area contributed by atoms with Crippen LogP contribution in [0.25, 0.3) is 5.82 Å². The highest BCUT2D eigenvalue weighted by atomic mass is 35.5. The third-order valence-electron chi connectivity index (χ3n) is 2.27. The molecule has 8 heteroatoms. The van der Waals surface area contributed by atoms with Gasteiger partial charge in [0.05, 0.1) is 11.1 Å². The first-order chi connectivity index (χ1) is 8.63. The van der Waals surface area contributed by atoms with E-state index in [4.69, 9.17) is 11.6 Å². The molecular formula is C10H9ClFN5O. The van der Waals surface area contributed by atoms with Crippen LogP contribution in [0.1, 0.15) is 18.8 Å². The second-order valence-corrected chi connectivity index (χ2v) is 3.93. The van der Waals surface area contributed by atoms with Crippen molar-refractivity contribution >= 4 is 18.0 Å². The van der Waals surface area contributed by atoms with Gasteiger partial charge in [-0.3, -0.25) is 4.79 Å². The fourth-order valence-electron chi connectivity index (χ4n) is 1.45. The van der Waals surface area contributed by atoms with E-state index < -0.39 is 11.9 Å². The largest absolute Gasteiger partial charge is 0.349 e. The van der Waals surface area contributed by atoms with Gasteiger partial charge in [0.1, 0.15) is 6.33 Å². The Balaban J connectivity index is 2.45. The Bertz CT molecular complexity index is 573. The monoisotopic (exact) mass is 269 g/mol. The van der Waals surface area contributed by atoms with E-state index in [0.717, 1.165) is 6.07 Å². The van der Waals surface area contributed by atoms with Crippen LogP contribution >= 0.6 is 11.6 Å². The molecule has 0 radical (unpaired) electrons. The Morgan fingerprint density at radius 3 is 3.00 bits per heavy atom. The quantitative estimate of drug-likeness (QED) is 0.848. The van der Waals surface area contributed by atoms with Crippen LogP contribution < -0.4 is 5.32 Å². The molecule has 0 aliphatic carbocycles. The number of rotatable bonds is 4. The van der Waals surface area contributed by atoms with E-state index in [9.17, 15) is 9.18 Å². The first kappa shape index (κ1) is 12.4. The highest BCUT2D eigenvalue weighted by molar-refractivity contribution is 6.30. The number of hydrogen-bond acceptors (Lipinski definition) is 4. The Morgan fingerprint density at radius 2 is 2.33 bits per heavy atom. The number of nitrogens with one attached hydrogen (secondary N) is 1. The molecule has 2 aromatic rings. The lowest BCUT2D eigenvalue weighted by molar-refractivity contribution is -0.110. The van der Waals surface area contributed by atoms with E-state index >= 15 is 0 Å². The molecule has 94 valence electrons. The number of pyridine rings is 1. The van der Waals surface area contributed by atoms with Crippen molar-refractivity contribution in [2.45, 2.75) is 13.0 Å². The van der Waals surface area contributed by atoms with E-state index in [2.05, 4.69) is 20.4 Å². The molecule has 2 rings (SSSR count). The summed E-state index contributed by atoms with van der Waals surface area (Å²) in [6.07, 6.45) is 3.10. The van der Waals surface area contributed by atoms with Gasteiger partial charge in [0.25, 0.3) is 0 Å². The molecule has 2 aromatic heterocycles. The van der Waals surface area contributed by atoms with Crippen LogP contribution in [0.5, 0.6) is 0 Å². The third-order valence-corrected chi connectivity index (χ3v) is 2.48. The maximum absolute atomic E-state index is 13.7. The minimum Gasteiger partial charge on any atom is -0.349 e. The lowest BCUT2D eigenvalue weighted by atomic mass is 10.3. The summed E-state index contributed by atoms with van der Waals surface area (Å²) in [5.74, 6) is -0.269. The van der Waals surface area contributed by atoms with Crippen molar-refractivity contribution in [2.24, 2.45) is 0 Å². The van der Waals surface area contributed by atoms with Crippen LogP contribution in [0.2, 0.25) is 5.02 Å². The van der Waals surface area contributed by atoms with Crippen molar-refractivity contribution in [3.05, 3.63) is 35.3 Å². The molecule has 2 heterocycles. The van der Waals surface area contributed by atoms with Crippen LogP contribution in [0.4, 0.5) is 4.39 Å². The number of halogens is 2. The van der Waals surface area contributed by atoms with E-state index in [1.165, 1.54) is 17.2 Å². The molecule has 0 bridgehead atoms. The molecule has 1 amide bonds. The summed E-state index contributed by atoms with van der Waals surface area (Å²) in [4.78, 5) is 18.2. The number of amides is 1. The topological polar surface area (TPSA) is 72.7 Å². The SMILES string of the molecule is CC(NC=O)c1ncnn1-c1ncc(Cl)cc1F. The fraction of sp³-hybridized carbons (Fsp3) is 0.200. The standard InChI is InChI=1S/C10H9ClFN5O/c1-6(15-5-18)9-14-4-16-17(9)10-8(12)2-7(11)3-13-10/h2-6H,1H3,(H,15,18). The predicted molar refractivity (Wildman–Crippen MR) is 61.7 cm³/mol. The molecule has 0 aliphatic heterocycles. The second kappa shape index (κ2) is 5.09. The number of aromatic nitrogens is 4. The molecule has 1 unspecified atom stereocenters. The van der Waals surface area contributed by atoms with Crippen molar-refractivity contribution in [1.82, 2.24) is 25.1 Å². The summed E-state index contributed by atoms with van der Waals surface area (Å²) < 4.78 is 14.9. The number of carbonyl (C=O) groups is 1. The number of hydrogen-bond donors (Lipinski definition) is 1. The lowest BCUT2D eigenvalue weighted by Gasteiger charge is -2.11. The highest BCUT2D eigenvalue weighted by Crippen LogP contribution is 2.18. The van der Waals surface area contributed by atoms with Crippen LogP contribution in [0, 0.1) is 5.82 Å². The first-order valence-corrected chi connectivity index (χ1v) is 5.42. The highest BCUT2D eigenvalue weighted by Gasteiger charge is 2.17. The minimum absolute atomic E-state index is 0.0218. The van der Waals surface area contributed by atoms with Crippen LogP contribution in [0.3, 0.4) is 0 Å². The molecule has 1 N–H and O–H groups in total. The van der Waals surface area contributed by atoms with E-state index in [0.29, 0.717) is 12.2 Å². The van der Waals surface area contributed by atoms with Gasteiger partial charge >= 0.3 is 0 Å². The Kier molecular flexibility index (Phi) is 3.52. The smallest absolute Gasteiger partial charge is 0.207 e. The molecule has 0 aliphatic rings. The van der Waals surface area contributed by atoms with Crippen molar-refractivity contribution in [2.75, 3.05) is 0 Å². The summed E-state index contributed by atoms with van der Waals surface area (Å²) in [7, 11) is 0. The Hall–Kier alpha value is -2.02. The van der Waals surface area contributed by atoms with Gasteiger partial charge in [0, 0.05) is 6.20 Å². The van der Waals surface area contributed by atoms with E-state index in [-0.39, 0.29) is 10.8 Å². The molecule has 0 fully saturated rings. The zero-order chi connectivity index (χ0) is 13.1. The average Bonchev–Trinajstić information content (AvgIpc) is 2.78.